The maximum Gasteiger partial charge on any atom is 0.223 e. The molecule has 1 saturated heterocycles. The molecular weight excluding hydrogens is 250 g/mol. The molecule has 1 aromatic carbocycles. The van der Waals surface area contributed by atoms with Gasteiger partial charge in [-0.05, 0) is 44.2 Å². The molecular formula is C16H25N3O. The van der Waals surface area contributed by atoms with Crippen LogP contribution in [0.4, 0.5) is 0 Å². The van der Waals surface area contributed by atoms with Crippen molar-refractivity contribution >= 4 is 5.91 Å². The third-order valence-electron chi connectivity index (χ3n) is 3.99. The molecule has 0 aliphatic carbocycles. The van der Waals surface area contributed by atoms with Gasteiger partial charge in [0.05, 0.1) is 0 Å². The van der Waals surface area contributed by atoms with E-state index in [-0.39, 0.29) is 11.8 Å². The first-order valence-electron chi connectivity index (χ1n) is 7.28. The Hall–Kier alpha value is -1.39. The van der Waals surface area contributed by atoms with Crippen molar-refractivity contribution in [3.63, 3.8) is 0 Å². The van der Waals surface area contributed by atoms with E-state index in [0.717, 1.165) is 19.6 Å². The highest BCUT2D eigenvalue weighted by atomic mass is 16.1. The first kappa shape index (κ1) is 15.0. The van der Waals surface area contributed by atoms with E-state index in [1.807, 2.05) is 19.1 Å². The lowest BCUT2D eigenvalue weighted by Crippen LogP contribution is -2.49. The van der Waals surface area contributed by atoms with Crippen LogP contribution in [-0.4, -0.2) is 38.0 Å². The summed E-state index contributed by atoms with van der Waals surface area (Å²) in [6.45, 7) is 5.46. The first-order chi connectivity index (χ1) is 9.58. The minimum Gasteiger partial charge on any atom is -0.352 e. The molecule has 4 nitrogen and oxygen atoms in total. The molecule has 0 spiro atoms. The lowest BCUT2D eigenvalue weighted by molar-refractivity contribution is -0.126. The molecule has 1 unspecified atom stereocenters. The standard InChI is InChI=1S/C16H25N3O/c1-12(15-8-17-9-15)16(20)18-10-13-6-4-5-7-14(13)11-19(2)3/h4-7,12,15,17H,8-11H2,1-3H3,(H,18,20). The number of rotatable bonds is 6. The Labute approximate surface area is 121 Å². The number of hydrogen-bond donors (Lipinski definition) is 2. The molecule has 20 heavy (non-hydrogen) atoms. The highest BCUT2D eigenvalue weighted by Gasteiger charge is 2.28. The Morgan fingerprint density at radius 1 is 1.35 bits per heavy atom. The normalized spacial score (nSPS) is 16.8. The summed E-state index contributed by atoms with van der Waals surface area (Å²) < 4.78 is 0. The van der Waals surface area contributed by atoms with Crippen LogP contribution >= 0.6 is 0 Å². The zero-order chi connectivity index (χ0) is 14.5. The van der Waals surface area contributed by atoms with Crippen molar-refractivity contribution in [3.8, 4) is 0 Å². The summed E-state index contributed by atoms with van der Waals surface area (Å²) >= 11 is 0. The van der Waals surface area contributed by atoms with Gasteiger partial charge in [-0.25, -0.2) is 0 Å². The van der Waals surface area contributed by atoms with E-state index in [2.05, 4.69) is 41.8 Å². The van der Waals surface area contributed by atoms with E-state index in [9.17, 15) is 4.79 Å². The van der Waals surface area contributed by atoms with E-state index < -0.39 is 0 Å². The molecule has 0 bridgehead atoms. The molecule has 1 fully saturated rings. The summed E-state index contributed by atoms with van der Waals surface area (Å²) in [6.07, 6.45) is 0. The number of nitrogens with zero attached hydrogens (tertiary/aromatic N) is 1. The average molecular weight is 275 g/mol. The van der Waals surface area contributed by atoms with Crippen LogP contribution < -0.4 is 10.6 Å². The van der Waals surface area contributed by atoms with Gasteiger partial charge >= 0.3 is 0 Å². The average Bonchev–Trinajstić information content (AvgIpc) is 2.34. The minimum absolute atomic E-state index is 0.0947. The largest absolute Gasteiger partial charge is 0.352 e. The van der Waals surface area contributed by atoms with E-state index in [1.54, 1.807) is 0 Å². The van der Waals surface area contributed by atoms with Gasteiger partial charge in [0.15, 0.2) is 0 Å². The zero-order valence-electron chi connectivity index (χ0n) is 12.6. The summed E-state index contributed by atoms with van der Waals surface area (Å²) in [5, 5.41) is 6.29. The van der Waals surface area contributed by atoms with Gasteiger partial charge in [0.2, 0.25) is 5.91 Å². The fraction of sp³-hybridized carbons (Fsp3) is 0.562. The van der Waals surface area contributed by atoms with Crippen molar-refractivity contribution in [2.45, 2.75) is 20.0 Å². The van der Waals surface area contributed by atoms with Crippen LogP contribution in [0.3, 0.4) is 0 Å². The molecule has 1 aliphatic heterocycles. The highest BCUT2D eigenvalue weighted by Crippen LogP contribution is 2.16. The van der Waals surface area contributed by atoms with E-state index in [1.165, 1.54) is 11.1 Å². The summed E-state index contributed by atoms with van der Waals surface area (Å²) in [5.41, 5.74) is 2.48. The van der Waals surface area contributed by atoms with Crippen molar-refractivity contribution < 1.29 is 4.79 Å². The van der Waals surface area contributed by atoms with E-state index >= 15 is 0 Å². The number of hydrogen-bond acceptors (Lipinski definition) is 3. The molecule has 1 heterocycles. The summed E-state index contributed by atoms with van der Waals surface area (Å²) in [6, 6.07) is 8.29. The Balaban J connectivity index is 1.91. The molecule has 4 heteroatoms. The number of benzene rings is 1. The zero-order valence-corrected chi connectivity index (χ0v) is 12.6. The molecule has 0 aromatic heterocycles. The van der Waals surface area contributed by atoms with Gasteiger partial charge in [-0.15, -0.1) is 0 Å². The maximum atomic E-state index is 12.1. The Morgan fingerprint density at radius 3 is 2.55 bits per heavy atom. The number of nitrogens with one attached hydrogen (secondary N) is 2. The molecule has 1 aromatic rings. The van der Waals surface area contributed by atoms with Crippen LogP contribution in [0.5, 0.6) is 0 Å². The molecule has 1 amide bonds. The van der Waals surface area contributed by atoms with E-state index in [0.29, 0.717) is 12.5 Å². The third-order valence-corrected chi connectivity index (χ3v) is 3.99. The van der Waals surface area contributed by atoms with Gasteiger partial charge < -0.3 is 15.5 Å². The van der Waals surface area contributed by atoms with Gasteiger partial charge in [-0.1, -0.05) is 31.2 Å². The van der Waals surface area contributed by atoms with Gasteiger partial charge in [0, 0.05) is 19.0 Å². The van der Waals surface area contributed by atoms with Crippen LogP contribution in [0.25, 0.3) is 0 Å². The van der Waals surface area contributed by atoms with Crippen molar-refractivity contribution in [2.24, 2.45) is 11.8 Å². The van der Waals surface area contributed by atoms with Crippen LogP contribution in [0.15, 0.2) is 24.3 Å². The van der Waals surface area contributed by atoms with Gasteiger partial charge in [0.1, 0.15) is 0 Å². The molecule has 0 radical (unpaired) electrons. The van der Waals surface area contributed by atoms with Crippen LogP contribution in [-0.2, 0) is 17.9 Å². The second kappa shape index (κ2) is 6.86. The molecule has 1 aliphatic rings. The van der Waals surface area contributed by atoms with Gasteiger partial charge in [-0.2, -0.15) is 0 Å². The Bertz CT molecular complexity index is 455. The summed E-state index contributed by atoms with van der Waals surface area (Å²) in [4.78, 5) is 14.3. The summed E-state index contributed by atoms with van der Waals surface area (Å²) in [7, 11) is 4.11. The van der Waals surface area contributed by atoms with Crippen LogP contribution in [0, 0.1) is 11.8 Å². The van der Waals surface area contributed by atoms with Crippen molar-refractivity contribution in [1.29, 1.82) is 0 Å². The van der Waals surface area contributed by atoms with Crippen molar-refractivity contribution in [3.05, 3.63) is 35.4 Å². The molecule has 2 rings (SSSR count). The number of carbonyl (C=O) groups excluding carboxylic acids is 1. The molecule has 2 N–H and O–H groups in total. The Morgan fingerprint density at radius 2 is 2.00 bits per heavy atom. The first-order valence-corrected chi connectivity index (χ1v) is 7.28. The fourth-order valence-electron chi connectivity index (χ4n) is 2.45. The second-order valence-electron chi connectivity index (χ2n) is 5.93. The van der Waals surface area contributed by atoms with Crippen LogP contribution in [0.2, 0.25) is 0 Å². The van der Waals surface area contributed by atoms with Gasteiger partial charge in [-0.3, -0.25) is 4.79 Å². The molecule has 1 atom stereocenters. The third kappa shape index (κ3) is 3.81. The SMILES string of the molecule is CC(C(=O)NCc1ccccc1CN(C)C)C1CNC1. The smallest absolute Gasteiger partial charge is 0.223 e. The van der Waals surface area contributed by atoms with Crippen molar-refractivity contribution in [2.75, 3.05) is 27.2 Å². The quantitative estimate of drug-likeness (QED) is 0.820. The molecule has 0 saturated carbocycles. The lowest BCUT2D eigenvalue weighted by atomic mass is 9.88. The van der Waals surface area contributed by atoms with Crippen LogP contribution in [0.1, 0.15) is 18.1 Å². The topological polar surface area (TPSA) is 44.4 Å². The fourth-order valence-corrected chi connectivity index (χ4v) is 2.45. The lowest BCUT2D eigenvalue weighted by Gasteiger charge is -2.31. The van der Waals surface area contributed by atoms with Crippen molar-refractivity contribution in [1.82, 2.24) is 15.5 Å². The predicted molar refractivity (Wildman–Crippen MR) is 81.2 cm³/mol. The molecule has 110 valence electrons. The Kier molecular flexibility index (Phi) is 5.15. The summed E-state index contributed by atoms with van der Waals surface area (Å²) in [5.74, 6) is 0.750. The number of amides is 1. The highest BCUT2D eigenvalue weighted by molar-refractivity contribution is 5.78. The monoisotopic (exact) mass is 275 g/mol. The van der Waals surface area contributed by atoms with Gasteiger partial charge in [0.25, 0.3) is 0 Å². The predicted octanol–water partition coefficient (Wildman–Crippen LogP) is 1.22. The number of carbonyl (C=O) groups is 1. The maximum absolute atomic E-state index is 12.1. The van der Waals surface area contributed by atoms with E-state index in [4.69, 9.17) is 0 Å². The second-order valence-corrected chi connectivity index (χ2v) is 5.93. The minimum atomic E-state index is 0.0947.